The number of nitrogens with one attached hydrogen (secondary N) is 1. The van der Waals surface area contributed by atoms with E-state index in [2.05, 4.69) is 54.9 Å². The highest BCUT2D eigenvalue weighted by Crippen LogP contribution is 2.43. The average molecular weight is 283 g/mol. The SMILES string of the molecule is COC(CCC1CC1)(C1=CNCC=C1)c1cccc(C)c1. The van der Waals surface area contributed by atoms with Crippen molar-refractivity contribution in [2.24, 2.45) is 5.92 Å². The fraction of sp³-hybridized carbons (Fsp3) is 0.474. The predicted octanol–water partition coefficient (Wildman–Crippen LogP) is 4.07. The van der Waals surface area contributed by atoms with Crippen LogP contribution in [0.2, 0.25) is 0 Å². The minimum Gasteiger partial charge on any atom is -0.387 e. The Morgan fingerprint density at radius 1 is 1.33 bits per heavy atom. The highest BCUT2D eigenvalue weighted by molar-refractivity contribution is 5.41. The normalized spacial score (nSPS) is 20.6. The summed E-state index contributed by atoms with van der Waals surface area (Å²) in [4.78, 5) is 0. The average Bonchev–Trinajstić information content (AvgIpc) is 3.34. The zero-order chi connectivity index (χ0) is 14.7. The summed E-state index contributed by atoms with van der Waals surface area (Å²) >= 11 is 0. The Hall–Kier alpha value is -1.54. The van der Waals surface area contributed by atoms with E-state index in [4.69, 9.17) is 4.74 Å². The maximum absolute atomic E-state index is 6.14. The molecule has 1 aliphatic heterocycles. The fourth-order valence-electron chi connectivity index (χ4n) is 3.23. The van der Waals surface area contributed by atoms with Crippen LogP contribution < -0.4 is 5.32 Å². The molecular formula is C19H25NO. The minimum absolute atomic E-state index is 0.321. The molecule has 1 atom stereocenters. The molecule has 1 aliphatic carbocycles. The molecule has 21 heavy (non-hydrogen) atoms. The van der Waals surface area contributed by atoms with Gasteiger partial charge in [0.1, 0.15) is 5.60 Å². The number of benzene rings is 1. The molecule has 2 nitrogen and oxygen atoms in total. The van der Waals surface area contributed by atoms with Gasteiger partial charge in [-0.3, -0.25) is 0 Å². The summed E-state index contributed by atoms with van der Waals surface area (Å²) in [5, 5.41) is 3.33. The number of hydrogen-bond acceptors (Lipinski definition) is 2. The largest absolute Gasteiger partial charge is 0.387 e. The monoisotopic (exact) mass is 283 g/mol. The molecule has 0 spiro atoms. The van der Waals surface area contributed by atoms with Crippen LogP contribution in [-0.4, -0.2) is 13.7 Å². The van der Waals surface area contributed by atoms with Crippen molar-refractivity contribution in [1.29, 1.82) is 0 Å². The second-order valence-corrected chi connectivity index (χ2v) is 6.29. The third-order valence-corrected chi connectivity index (χ3v) is 4.69. The van der Waals surface area contributed by atoms with Crippen molar-refractivity contribution in [2.45, 2.75) is 38.2 Å². The molecule has 1 aromatic rings. The maximum atomic E-state index is 6.14. The molecule has 0 radical (unpaired) electrons. The molecule has 1 aromatic carbocycles. The van der Waals surface area contributed by atoms with E-state index in [0.29, 0.717) is 0 Å². The molecule has 0 aromatic heterocycles. The highest BCUT2D eigenvalue weighted by Gasteiger charge is 2.37. The van der Waals surface area contributed by atoms with E-state index in [-0.39, 0.29) is 5.60 Å². The lowest BCUT2D eigenvalue weighted by atomic mass is 9.80. The first kappa shape index (κ1) is 14.4. The predicted molar refractivity (Wildman–Crippen MR) is 87.0 cm³/mol. The van der Waals surface area contributed by atoms with Gasteiger partial charge in [-0.05, 0) is 31.2 Å². The summed E-state index contributed by atoms with van der Waals surface area (Å²) in [6, 6.07) is 8.75. The molecular weight excluding hydrogens is 258 g/mol. The molecule has 3 rings (SSSR count). The van der Waals surface area contributed by atoms with Crippen LogP contribution in [0.5, 0.6) is 0 Å². The van der Waals surface area contributed by atoms with Gasteiger partial charge in [0.2, 0.25) is 0 Å². The van der Waals surface area contributed by atoms with Crippen molar-refractivity contribution in [2.75, 3.05) is 13.7 Å². The van der Waals surface area contributed by atoms with Gasteiger partial charge in [0.05, 0.1) is 0 Å². The van der Waals surface area contributed by atoms with E-state index in [1.807, 2.05) is 7.11 Å². The van der Waals surface area contributed by atoms with Crippen LogP contribution in [0.3, 0.4) is 0 Å². The zero-order valence-corrected chi connectivity index (χ0v) is 13.1. The Labute approximate surface area is 127 Å². The van der Waals surface area contributed by atoms with E-state index >= 15 is 0 Å². The molecule has 0 bridgehead atoms. The number of dihydropyridines is 1. The van der Waals surface area contributed by atoms with Gasteiger partial charge in [-0.15, -0.1) is 0 Å². The molecule has 0 saturated heterocycles. The summed E-state index contributed by atoms with van der Waals surface area (Å²) < 4.78 is 6.14. The summed E-state index contributed by atoms with van der Waals surface area (Å²) in [7, 11) is 1.85. The number of rotatable bonds is 6. The number of aryl methyl sites for hydroxylation is 1. The molecule has 1 fully saturated rings. The van der Waals surface area contributed by atoms with Gasteiger partial charge in [-0.1, -0.05) is 54.8 Å². The third-order valence-electron chi connectivity index (χ3n) is 4.69. The topological polar surface area (TPSA) is 21.3 Å². The van der Waals surface area contributed by atoms with Gasteiger partial charge < -0.3 is 10.1 Å². The lowest BCUT2D eigenvalue weighted by Gasteiger charge is -2.36. The van der Waals surface area contributed by atoms with Crippen molar-refractivity contribution in [3.63, 3.8) is 0 Å². The Kier molecular flexibility index (Phi) is 4.16. The van der Waals surface area contributed by atoms with Gasteiger partial charge in [0.25, 0.3) is 0 Å². The van der Waals surface area contributed by atoms with Gasteiger partial charge >= 0.3 is 0 Å². The van der Waals surface area contributed by atoms with E-state index in [9.17, 15) is 0 Å². The standard InChI is InChI=1S/C19H25NO/c1-15-5-3-6-17(13-15)19(21-2,11-10-16-8-9-16)18-7-4-12-20-14-18/h3-7,13-14,16,20H,8-12H2,1-2H3. The van der Waals surface area contributed by atoms with Crippen LogP contribution in [-0.2, 0) is 10.3 Å². The molecule has 1 N–H and O–H groups in total. The third kappa shape index (κ3) is 3.06. The quantitative estimate of drug-likeness (QED) is 0.849. The van der Waals surface area contributed by atoms with Crippen molar-refractivity contribution >= 4 is 0 Å². The van der Waals surface area contributed by atoms with Gasteiger partial charge in [0.15, 0.2) is 0 Å². The molecule has 0 amide bonds. The molecule has 2 heteroatoms. The van der Waals surface area contributed by atoms with E-state index in [0.717, 1.165) is 18.9 Å². The minimum atomic E-state index is -0.321. The van der Waals surface area contributed by atoms with Gasteiger partial charge in [0, 0.05) is 25.4 Å². The summed E-state index contributed by atoms with van der Waals surface area (Å²) in [6.07, 6.45) is 11.6. The van der Waals surface area contributed by atoms with Crippen LogP contribution >= 0.6 is 0 Å². The van der Waals surface area contributed by atoms with Crippen molar-refractivity contribution in [3.05, 3.63) is 59.3 Å². The van der Waals surface area contributed by atoms with Crippen LogP contribution in [0.1, 0.15) is 36.8 Å². The van der Waals surface area contributed by atoms with Gasteiger partial charge in [-0.25, -0.2) is 0 Å². The van der Waals surface area contributed by atoms with Crippen molar-refractivity contribution in [3.8, 4) is 0 Å². The summed E-state index contributed by atoms with van der Waals surface area (Å²) in [5.41, 5.74) is 3.47. The maximum Gasteiger partial charge on any atom is 0.119 e. The highest BCUT2D eigenvalue weighted by atomic mass is 16.5. The lowest BCUT2D eigenvalue weighted by Crippen LogP contribution is -2.33. The second kappa shape index (κ2) is 6.07. The number of methoxy groups -OCH3 is 1. The van der Waals surface area contributed by atoms with Crippen molar-refractivity contribution in [1.82, 2.24) is 5.32 Å². The Bertz CT molecular complexity index is 556. The summed E-state index contributed by atoms with van der Waals surface area (Å²) in [5.74, 6) is 0.908. The zero-order valence-electron chi connectivity index (χ0n) is 13.1. The number of hydrogen-bond donors (Lipinski definition) is 1. The molecule has 1 unspecified atom stereocenters. The number of ether oxygens (including phenoxy) is 1. The molecule has 1 heterocycles. The van der Waals surface area contributed by atoms with E-state index in [1.165, 1.54) is 36.0 Å². The van der Waals surface area contributed by atoms with Gasteiger partial charge in [-0.2, -0.15) is 0 Å². The first-order chi connectivity index (χ1) is 10.2. The van der Waals surface area contributed by atoms with Crippen LogP contribution in [0.25, 0.3) is 0 Å². The second-order valence-electron chi connectivity index (χ2n) is 6.29. The van der Waals surface area contributed by atoms with Crippen molar-refractivity contribution < 1.29 is 4.74 Å². The first-order valence-electron chi connectivity index (χ1n) is 7.97. The molecule has 2 aliphatic rings. The Morgan fingerprint density at radius 2 is 2.19 bits per heavy atom. The fourth-order valence-corrected chi connectivity index (χ4v) is 3.23. The van der Waals surface area contributed by atoms with Crippen LogP contribution in [0, 0.1) is 12.8 Å². The first-order valence-corrected chi connectivity index (χ1v) is 7.97. The van der Waals surface area contributed by atoms with Crippen LogP contribution in [0.15, 0.2) is 48.2 Å². The van der Waals surface area contributed by atoms with Crippen LogP contribution in [0.4, 0.5) is 0 Å². The Balaban J connectivity index is 1.98. The smallest absolute Gasteiger partial charge is 0.119 e. The van der Waals surface area contributed by atoms with E-state index < -0.39 is 0 Å². The molecule has 1 saturated carbocycles. The summed E-state index contributed by atoms with van der Waals surface area (Å²) in [6.45, 7) is 3.05. The van der Waals surface area contributed by atoms with E-state index in [1.54, 1.807) is 0 Å². The lowest BCUT2D eigenvalue weighted by molar-refractivity contribution is 0.0103. The molecule has 112 valence electrons. The Morgan fingerprint density at radius 3 is 2.81 bits per heavy atom.